The highest BCUT2D eigenvalue weighted by molar-refractivity contribution is 5.94. The molecule has 1 fully saturated rings. The maximum atomic E-state index is 12.7. The molecule has 1 aliphatic heterocycles. The average Bonchev–Trinajstić information content (AvgIpc) is 3.29. The van der Waals surface area contributed by atoms with E-state index >= 15 is 0 Å². The molecule has 1 aliphatic rings. The number of carbonyl (C=O) groups is 1. The van der Waals surface area contributed by atoms with E-state index in [2.05, 4.69) is 15.3 Å². The molecule has 4 rings (SSSR count). The number of hydrogen-bond donors (Lipinski definition) is 1. The van der Waals surface area contributed by atoms with Crippen molar-refractivity contribution in [2.24, 2.45) is 7.05 Å². The number of rotatable bonds is 5. The van der Waals surface area contributed by atoms with Crippen LogP contribution in [0.3, 0.4) is 0 Å². The fourth-order valence-electron chi connectivity index (χ4n) is 3.84. The van der Waals surface area contributed by atoms with Gasteiger partial charge in [-0.2, -0.15) is 5.10 Å². The Kier molecular flexibility index (Phi) is 4.98. The summed E-state index contributed by atoms with van der Waals surface area (Å²) in [4.78, 5) is 24.4. The first kappa shape index (κ1) is 18.4. The van der Waals surface area contributed by atoms with E-state index in [4.69, 9.17) is 9.97 Å². The van der Waals surface area contributed by atoms with Gasteiger partial charge >= 0.3 is 0 Å². The van der Waals surface area contributed by atoms with E-state index < -0.39 is 0 Å². The van der Waals surface area contributed by atoms with Crippen LogP contribution in [0.25, 0.3) is 11.0 Å². The molecule has 1 aromatic carbocycles. The van der Waals surface area contributed by atoms with Crippen LogP contribution in [0, 0.1) is 13.8 Å². The van der Waals surface area contributed by atoms with Crippen LogP contribution in [0.2, 0.25) is 0 Å². The third-order valence-corrected chi connectivity index (χ3v) is 5.48. The van der Waals surface area contributed by atoms with Crippen molar-refractivity contribution < 1.29 is 4.79 Å². The van der Waals surface area contributed by atoms with E-state index in [1.165, 1.54) is 0 Å². The lowest BCUT2D eigenvalue weighted by molar-refractivity contribution is -0.116. The summed E-state index contributed by atoms with van der Waals surface area (Å²) in [5.74, 6) is 1.29. The highest BCUT2D eigenvalue weighted by Gasteiger charge is 2.21. The zero-order chi connectivity index (χ0) is 19.7. The smallest absolute Gasteiger partial charge is 0.225 e. The summed E-state index contributed by atoms with van der Waals surface area (Å²) < 4.78 is 1.86. The minimum absolute atomic E-state index is 0.0484. The summed E-state index contributed by atoms with van der Waals surface area (Å²) in [6, 6.07) is 7.78. The number of benzene rings is 1. The van der Waals surface area contributed by atoms with Crippen LogP contribution in [-0.2, 0) is 18.3 Å². The Balaban J connectivity index is 1.55. The van der Waals surface area contributed by atoms with Gasteiger partial charge in [0.05, 0.1) is 16.7 Å². The second kappa shape index (κ2) is 7.58. The lowest BCUT2D eigenvalue weighted by atomic mass is 10.1. The number of aryl methyl sites for hydroxylation is 2. The summed E-state index contributed by atoms with van der Waals surface area (Å²) in [6.45, 7) is 5.92. The number of para-hydroxylation sites is 2. The topological polar surface area (TPSA) is 75.9 Å². The number of anilines is 2. The fraction of sp³-hybridized carbons (Fsp3) is 0.429. The maximum Gasteiger partial charge on any atom is 0.225 e. The molecule has 1 N–H and O–H groups in total. The Bertz CT molecular complexity index is 1020. The molecular formula is C21H26N6O. The zero-order valence-corrected chi connectivity index (χ0v) is 16.7. The normalized spacial score (nSPS) is 14.0. The highest BCUT2D eigenvalue weighted by Crippen LogP contribution is 2.28. The summed E-state index contributed by atoms with van der Waals surface area (Å²) in [7, 11) is 1.93. The number of carbonyl (C=O) groups excluding carboxylic acids is 1. The van der Waals surface area contributed by atoms with Gasteiger partial charge in [-0.1, -0.05) is 12.1 Å². The molecule has 146 valence electrons. The van der Waals surface area contributed by atoms with Gasteiger partial charge < -0.3 is 10.2 Å². The number of amides is 1. The molecule has 28 heavy (non-hydrogen) atoms. The molecular weight excluding hydrogens is 352 g/mol. The van der Waals surface area contributed by atoms with Crippen molar-refractivity contribution in [3.8, 4) is 0 Å². The summed E-state index contributed by atoms with van der Waals surface area (Å²) in [5.41, 5.74) is 4.87. The number of fused-ring (bicyclic) bond motifs is 1. The van der Waals surface area contributed by atoms with Gasteiger partial charge in [-0.05, 0) is 50.8 Å². The van der Waals surface area contributed by atoms with Crippen molar-refractivity contribution in [1.29, 1.82) is 0 Å². The predicted octanol–water partition coefficient (Wildman–Crippen LogP) is 3.15. The Morgan fingerprint density at radius 1 is 1.11 bits per heavy atom. The van der Waals surface area contributed by atoms with Crippen LogP contribution >= 0.6 is 0 Å². The second-order valence-electron chi connectivity index (χ2n) is 7.40. The van der Waals surface area contributed by atoms with E-state index in [1.807, 2.05) is 49.8 Å². The molecule has 3 aromatic rings. The molecule has 3 heterocycles. The van der Waals surface area contributed by atoms with Crippen LogP contribution in [0.15, 0.2) is 24.3 Å². The quantitative estimate of drug-likeness (QED) is 0.738. The lowest BCUT2D eigenvalue weighted by Crippen LogP contribution is -2.23. The molecule has 0 aliphatic carbocycles. The molecule has 7 heteroatoms. The van der Waals surface area contributed by atoms with E-state index in [9.17, 15) is 4.79 Å². The minimum Gasteiger partial charge on any atom is -0.354 e. The van der Waals surface area contributed by atoms with Crippen LogP contribution in [0.4, 0.5) is 11.6 Å². The van der Waals surface area contributed by atoms with Crippen LogP contribution in [0.5, 0.6) is 0 Å². The third-order valence-electron chi connectivity index (χ3n) is 5.48. The standard InChI is InChI=1S/C21H26N6O/c1-14-16(15(2)26(3)25-14)10-11-19(28)24-20-21(27-12-6-7-13-27)23-18-9-5-4-8-17(18)22-20/h4-5,8-9H,6-7,10-13H2,1-3H3,(H,22,24,28). The monoisotopic (exact) mass is 378 g/mol. The Labute approximate surface area is 164 Å². The highest BCUT2D eigenvalue weighted by atomic mass is 16.1. The molecule has 0 bridgehead atoms. The second-order valence-corrected chi connectivity index (χ2v) is 7.40. The minimum atomic E-state index is -0.0484. The van der Waals surface area contributed by atoms with Gasteiger partial charge in [0.2, 0.25) is 5.91 Å². The fourth-order valence-corrected chi connectivity index (χ4v) is 3.84. The predicted molar refractivity (Wildman–Crippen MR) is 111 cm³/mol. The van der Waals surface area contributed by atoms with E-state index in [0.717, 1.165) is 59.7 Å². The van der Waals surface area contributed by atoms with Crippen LogP contribution < -0.4 is 10.2 Å². The lowest BCUT2D eigenvalue weighted by Gasteiger charge is -2.20. The molecule has 0 atom stereocenters. The van der Waals surface area contributed by atoms with Crippen molar-refractivity contribution in [1.82, 2.24) is 19.7 Å². The maximum absolute atomic E-state index is 12.7. The SMILES string of the molecule is Cc1nn(C)c(C)c1CCC(=O)Nc1nc2ccccc2nc1N1CCCC1. The summed E-state index contributed by atoms with van der Waals surface area (Å²) in [6.07, 6.45) is 3.33. The number of aromatic nitrogens is 4. The average molecular weight is 378 g/mol. The molecule has 0 saturated carbocycles. The van der Waals surface area contributed by atoms with Crippen LogP contribution in [-0.4, -0.2) is 38.7 Å². The molecule has 2 aromatic heterocycles. The third kappa shape index (κ3) is 3.56. The van der Waals surface area contributed by atoms with E-state index in [1.54, 1.807) is 0 Å². The Morgan fingerprint density at radius 3 is 2.43 bits per heavy atom. The number of hydrogen-bond acceptors (Lipinski definition) is 5. The summed E-state index contributed by atoms with van der Waals surface area (Å²) in [5, 5.41) is 7.44. The van der Waals surface area contributed by atoms with Crippen molar-refractivity contribution in [3.63, 3.8) is 0 Å². The molecule has 1 amide bonds. The Hall–Kier alpha value is -2.96. The Morgan fingerprint density at radius 2 is 1.79 bits per heavy atom. The molecule has 7 nitrogen and oxygen atoms in total. The zero-order valence-electron chi connectivity index (χ0n) is 16.7. The van der Waals surface area contributed by atoms with Gasteiger partial charge in [-0.3, -0.25) is 9.48 Å². The van der Waals surface area contributed by atoms with E-state index in [0.29, 0.717) is 18.7 Å². The van der Waals surface area contributed by atoms with Gasteiger partial charge in [-0.25, -0.2) is 9.97 Å². The van der Waals surface area contributed by atoms with Gasteiger partial charge in [0.25, 0.3) is 0 Å². The van der Waals surface area contributed by atoms with E-state index in [-0.39, 0.29) is 5.91 Å². The molecule has 0 unspecified atom stereocenters. The first-order valence-electron chi connectivity index (χ1n) is 9.83. The van der Waals surface area contributed by atoms with Crippen molar-refractivity contribution in [2.45, 2.75) is 39.5 Å². The number of nitrogens with one attached hydrogen (secondary N) is 1. The van der Waals surface area contributed by atoms with Crippen LogP contribution in [0.1, 0.15) is 36.2 Å². The van der Waals surface area contributed by atoms with Gasteiger partial charge in [0.1, 0.15) is 0 Å². The van der Waals surface area contributed by atoms with Gasteiger partial charge in [0, 0.05) is 32.3 Å². The van der Waals surface area contributed by atoms with Crippen molar-refractivity contribution in [3.05, 3.63) is 41.2 Å². The molecule has 0 spiro atoms. The molecule has 1 saturated heterocycles. The first-order valence-corrected chi connectivity index (χ1v) is 9.83. The first-order chi connectivity index (χ1) is 13.5. The molecule has 0 radical (unpaired) electrons. The van der Waals surface area contributed by atoms with Gasteiger partial charge in [-0.15, -0.1) is 0 Å². The van der Waals surface area contributed by atoms with Crippen molar-refractivity contribution >= 4 is 28.6 Å². The van der Waals surface area contributed by atoms with Crippen molar-refractivity contribution in [2.75, 3.05) is 23.3 Å². The number of nitrogens with zero attached hydrogens (tertiary/aromatic N) is 5. The van der Waals surface area contributed by atoms with Gasteiger partial charge in [0.15, 0.2) is 11.6 Å². The largest absolute Gasteiger partial charge is 0.354 e. The summed E-state index contributed by atoms with van der Waals surface area (Å²) >= 11 is 0.